The summed E-state index contributed by atoms with van der Waals surface area (Å²) in [7, 11) is 2.15. The Labute approximate surface area is 174 Å². The molecule has 0 aliphatic carbocycles. The molecule has 1 aliphatic rings. The third-order valence-corrected chi connectivity index (χ3v) is 6.05. The van der Waals surface area contributed by atoms with Gasteiger partial charge in [-0.15, -0.1) is 0 Å². The van der Waals surface area contributed by atoms with Gasteiger partial charge in [0.05, 0.1) is 11.3 Å². The SMILES string of the molecule is Cc1ccc2nc(-c3cc4ccc(N5CC(C)N(C)CC5C)nc4oc3=O)cn2c1. The van der Waals surface area contributed by atoms with E-state index in [1.54, 1.807) is 0 Å². The van der Waals surface area contributed by atoms with E-state index in [2.05, 4.69) is 40.7 Å². The summed E-state index contributed by atoms with van der Waals surface area (Å²) in [6.07, 6.45) is 3.84. The lowest BCUT2D eigenvalue weighted by atomic mass is 10.1. The van der Waals surface area contributed by atoms with Crippen molar-refractivity contribution >= 4 is 22.6 Å². The smallest absolute Gasteiger partial charge is 0.347 e. The van der Waals surface area contributed by atoms with Gasteiger partial charge in [-0.3, -0.25) is 4.90 Å². The van der Waals surface area contributed by atoms with Gasteiger partial charge in [0.1, 0.15) is 11.5 Å². The first-order chi connectivity index (χ1) is 14.4. The molecular formula is C23H25N5O2. The Morgan fingerprint density at radius 3 is 2.70 bits per heavy atom. The zero-order valence-corrected chi connectivity index (χ0v) is 17.7. The molecule has 0 saturated carbocycles. The molecule has 1 aliphatic heterocycles. The summed E-state index contributed by atoms with van der Waals surface area (Å²) in [5, 5.41) is 0.788. The number of hydrogen-bond donors (Lipinski definition) is 0. The fraction of sp³-hybridized carbons (Fsp3) is 0.348. The average molecular weight is 403 g/mol. The van der Waals surface area contributed by atoms with E-state index >= 15 is 0 Å². The van der Waals surface area contributed by atoms with E-state index in [9.17, 15) is 4.79 Å². The monoisotopic (exact) mass is 403 g/mol. The second-order valence-electron chi connectivity index (χ2n) is 8.40. The predicted molar refractivity (Wildman–Crippen MR) is 118 cm³/mol. The average Bonchev–Trinajstić information content (AvgIpc) is 3.12. The third-order valence-electron chi connectivity index (χ3n) is 6.05. The molecule has 4 aromatic rings. The summed E-state index contributed by atoms with van der Waals surface area (Å²) >= 11 is 0. The topological polar surface area (TPSA) is 66.9 Å². The highest BCUT2D eigenvalue weighted by molar-refractivity contribution is 5.80. The van der Waals surface area contributed by atoms with Crippen molar-refractivity contribution in [3.8, 4) is 11.3 Å². The first kappa shape index (κ1) is 18.8. The van der Waals surface area contributed by atoms with Gasteiger partial charge in [0.15, 0.2) is 0 Å². The van der Waals surface area contributed by atoms with Crippen LogP contribution < -0.4 is 10.5 Å². The fourth-order valence-corrected chi connectivity index (χ4v) is 4.18. The highest BCUT2D eigenvalue weighted by Gasteiger charge is 2.27. The van der Waals surface area contributed by atoms with E-state index in [1.165, 1.54) is 0 Å². The summed E-state index contributed by atoms with van der Waals surface area (Å²) in [6, 6.07) is 10.5. The number of fused-ring (bicyclic) bond motifs is 2. The van der Waals surface area contributed by atoms with Crippen molar-refractivity contribution in [3.63, 3.8) is 0 Å². The number of aromatic nitrogens is 3. The molecule has 7 heteroatoms. The number of nitrogens with zero attached hydrogens (tertiary/aromatic N) is 5. The molecular weight excluding hydrogens is 378 g/mol. The Balaban J connectivity index is 1.54. The molecule has 1 saturated heterocycles. The van der Waals surface area contributed by atoms with Crippen LogP contribution in [0, 0.1) is 6.92 Å². The molecule has 154 valence electrons. The normalized spacial score (nSPS) is 20.3. The molecule has 4 aromatic heterocycles. The number of pyridine rings is 2. The van der Waals surface area contributed by atoms with Gasteiger partial charge in [0, 0.05) is 43.0 Å². The van der Waals surface area contributed by atoms with Crippen LogP contribution in [-0.2, 0) is 0 Å². The van der Waals surface area contributed by atoms with E-state index in [4.69, 9.17) is 4.42 Å². The van der Waals surface area contributed by atoms with E-state index < -0.39 is 5.63 Å². The largest absolute Gasteiger partial charge is 0.403 e. The number of likely N-dealkylation sites (N-methyl/N-ethyl adjacent to an activating group) is 1. The van der Waals surface area contributed by atoms with E-state index in [-0.39, 0.29) is 0 Å². The van der Waals surface area contributed by atoms with Gasteiger partial charge in [0.2, 0.25) is 5.71 Å². The van der Waals surface area contributed by atoms with Crippen molar-refractivity contribution in [2.75, 3.05) is 25.0 Å². The zero-order chi connectivity index (χ0) is 21.0. The number of rotatable bonds is 2. The maximum atomic E-state index is 12.7. The molecule has 1 fully saturated rings. The van der Waals surface area contributed by atoms with Gasteiger partial charge in [-0.2, -0.15) is 4.98 Å². The molecule has 30 heavy (non-hydrogen) atoms. The lowest BCUT2D eigenvalue weighted by Crippen LogP contribution is -2.55. The molecule has 0 aromatic carbocycles. The van der Waals surface area contributed by atoms with Crippen molar-refractivity contribution in [2.24, 2.45) is 0 Å². The lowest BCUT2D eigenvalue weighted by Gasteiger charge is -2.43. The van der Waals surface area contributed by atoms with Crippen molar-refractivity contribution in [3.05, 3.63) is 58.7 Å². The standard InChI is InChI=1S/C23H25N5O2/c1-14-5-7-20-24-19(13-27(20)10-14)18-9-17-6-8-21(25-22(17)30-23(18)29)28-12-15(2)26(4)11-16(28)3/h5-10,13,15-16H,11-12H2,1-4H3. The van der Waals surface area contributed by atoms with Crippen molar-refractivity contribution < 1.29 is 4.42 Å². The van der Waals surface area contributed by atoms with Gasteiger partial charge in [0.25, 0.3) is 0 Å². The second kappa shape index (κ2) is 6.95. The lowest BCUT2D eigenvalue weighted by molar-refractivity contribution is 0.205. The first-order valence-corrected chi connectivity index (χ1v) is 10.3. The fourth-order valence-electron chi connectivity index (χ4n) is 4.18. The van der Waals surface area contributed by atoms with Crippen LogP contribution in [0.15, 0.2) is 51.9 Å². The molecule has 5 rings (SSSR count). The predicted octanol–water partition coefficient (Wildman–Crippen LogP) is 3.34. The van der Waals surface area contributed by atoms with Crippen molar-refractivity contribution in [1.29, 1.82) is 0 Å². The number of aryl methyl sites for hydroxylation is 1. The third kappa shape index (κ3) is 3.15. The Morgan fingerprint density at radius 2 is 1.87 bits per heavy atom. The zero-order valence-electron chi connectivity index (χ0n) is 17.7. The molecule has 5 heterocycles. The molecule has 2 unspecified atom stereocenters. The minimum atomic E-state index is -0.424. The number of hydrogen-bond acceptors (Lipinski definition) is 6. The number of imidazole rings is 1. The van der Waals surface area contributed by atoms with Crippen LogP contribution >= 0.6 is 0 Å². The molecule has 0 radical (unpaired) electrons. The van der Waals surface area contributed by atoms with Gasteiger partial charge in [-0.05, 0) is 57.6 Å². The van der Waals surface area contributed by atoms with Crippen LogP contribution in [-0.4, -0.2) is 51.5 Å². The van der Waals surface area contributed by atoms with Crippen molar-refractivity contribution in [2.45, 2.75) is 32.9 Å². The number of anilines is 1. The summed E-state index contributed by atoms with van der Waals surface area (Å²) in [5.74, 6) is 0.842. The van der Waals surface area contributed by atoms with Crippen LogP contribution in [0.4, 0.5) is 5.82 Å². The minimum absolute atomic E-state index is 0.337. The van der Waals surface area contributed by atoms with Gasteiger partial charge < -0.3 is 13.7 Å². The molecule has 0 amide bonds. The summed E-state index contributed by atoms with van der Waals surface area (Å²) in [6.45, 7) is 8.28. The van der Waals surface area contributed by atoms with Gasteiger partial charge in [-0.25, -0.2) is 9.78 Å². The molecule has 2 atom stereocenters. The van der Waals surface area contributed by atoms with E-state index in [1.807, 2.05) is 54.0 Å². The summed E-state index contributed by atoms with van der Waals surface area (Å²) < 4.78 is 7.55. The second-order valence-corrected chi connectivity index (χ2v) is 8.40. The maximum Gasteiger partial charge on any atom is 0.347 e. The van der Waals surface area contributed by atoms with Crippen LogP contribution in [0.25, 0.3) is 28.0 Å². The van der Waals surface area contributed by atoms with Crippen LogP contribution in [0.5, 0.6) is 0 Å². The van der Waals surface area contributed by atoms with Crippen LogP contribution in [0.2, 0.25) is 0 Å². The Hall–Kier alpha value is -3.19. The molecule has 0 spiro atoms. The highest BCUT2D eigenvalue weighted by atomic mass is 16.4. The number of piperazine rings is 1. The van der Waals surface area contributed by atoms with Crippen LogP contribution in [0.3, 0.4) is 0 Å². The van der Waals surface area contributed by atoms with E-state index in [0.717, 1.165) is 35.5 Å². The summed E-state index contributed by atoms with van der Waals surface area (Å²) in [4.78, 5) is 26.6. The van der Waals surface area contributed by atoms with Crippen LogP contribution in [0.1, 0.15) is 19.4 Å². The van der Waals surface area contributed by atoms with E-state index in [0.29, 0.717) is 29.1 Å². The Bertz CT molecular complexity index is 1310. The van der Waals surface area contributed by atoms with Gasteiger partial charge in [-0.1, -0.05) is 6.07 Å². The summed E-state index contributed by atoms with van der Waals surface area (Å²) in [5.41, 5.74) is 2.90. The Morgan fingerprint density at radius 1 is 1.03 bits per heavy atom. The van der Waals surface area contributed by atoms with Gasteiger partial charge >= 0.3 is 5.63 Å². The minimum Gasteiger partial charge on any atom is -0.403 e. The molecule has 0 N–H and O–H groups in total. The maximum absolute atomic E-state index is 12.7. The molecule has 0 bridgehead atoms. The van der Waals surface area contributed by atoms with Crippen molar-refractivity contribution in [1.82, 2.24) is 19.3 Å². The quantitative estimate of drug-likeness (QED) is 0.511. The Kier molecular flexibility index (Phi) is 4.36. The highest BCUT2D eigenvalue weighted by Crippen LogP contribution is 2.25. The first-order valence-electron chi connectivity index (χ1n) is 10.3. The molecule has 7 nitrogen and oxygen atoms in total.